The average Bonchev–Trinajstić information content (AvgIpc) is 3.76. The van der Waals surface area contributed by atoms with E-state index in [4.69, 9.17) is 10.5 Å². The third kappa shape index (κ3) is 7.16. The molecule has 6 heteroatoms. The minimum atomic E-state index is -2.14. The van der Waals surface area contributed by atoms with Crippen molar-refractivity contribution >= 4 is 71.0 Å². The van der Waals surface area contributed by atoms with Crippen LogP contribution < -0.4 is 4.40 Å². The molecule has 6 aromatic carbocycles. The number of aryl methyl sites for hydroxylation is 1. The van der Waals surface area contributed by atoms with Crippen molar-refractivity contribution in [1.82, 2.24) is 14.5 Å². The summed E-state index contributed by atoms with van der Waals surface area (Å²) in [6.07, 6.45) is 1.91. The molecule has 9 rings (SSSR count). The summed E-state index contributed by atoms with van der Waals surface area (Å²) < 4.78 is 36.9. The third-order valence-electron chi connectivity index (χ3n) is 9.47. The number of thiophene rings is 1. The normalized spacial score (nSPS) is 13.2. The fraction of sp³-hybridized carbons (Fsp3) is 0.149. The molecule has 0 bridgehead atoms. The van der Waals surface area contributed by atoms with Crippen LogP contribution in [0.15, 0.2) is 134 Å². The average molecular weight is 949 g/mol. The van der Waals surface area contributed by atoms with Crippen LogP contribution in [0.3, 0.4) is 0 Å². The summed E-state index contributed by atoms with van der Waals surface area (Å²) in [5.74, 6) is 7.11. The number of pyridine rings is 1. The Kier molecular flexibility index (Phi) is 9.17. The van der Waals surface area contributed by atoms with Gasteiger partial charge in [-0.2, -0.15) is 11.3 Å². The molecule has 0 saturated heterocycles. The van der Waals surface area contributed by atoms with Gasteiger partial charge in [-0.05, 0) is 39.7 Å². The van der Waals surface area contributed by atoms with Gasteiger partial charge in [0.05, 0.1) is 16.9 Å². The summed E-state index contributed by atoms with van der Waals surface area (Å²) in [7, 11) is 0. The quantitative estimate of drug-likeness (QED) is 0.127. The van der Waals surface area contributed by atoms with Gasteiger partial charge in [0.15, 0.2) is 0 Å². The Balaban J connectivity index is 0.000000179. The minimum Gasteiger partial charge on any atom is -0.333 e. The van der Waals surface area contributed by atoms with E-state index in [-0.39, 0.29) is 25.7 Å². The molecule has 1 radical (unpaired) electrons. The van der Waals surface area contributed by atoms with Crippen molar-refractivity contribution in [3.63, 3.8) is 0 Å². The Morgan fingerprint density at radius 2 is 1.57 bits per heavy atom. The van der Waals surface area contributed by atoms with E-state index in [0.29, 0.717) is 0 Å². The zero-order chi connectivity index (χ0) is 39.4. The number of nitrogens with zero attached hydrogens (tertiary/aromatic N) is 3. The van der Waals surface area contributed by atoms with E-state index in [2.05, 4.69) is 136 Å². The van der Waals surface area contributed by atoms with Crippen LogP contribution in [0.5, 0.6) is 0 Å². The maximum Gasteiger partial charge on any atom is 0.0774 e. The van der Waals surface area contributed by atoms with Crippen molar-refractivity contribution < 1.29 is 25.6 Å². The molecule has 53 heavy (non-hydrogen) atoms. The van der Waals surface area contributed by atoms with Crippen LogP contribution in [-0.2, 0) is 20.1 Å². The van der Waals surface area contributed by atoms with Crippen LogP contribution in [0, 0.1) is 19.0 Å². The maximum absolute atomic E-state index is 8.49. The first-order valence-corrected chi connectivity index (χ1v) is 25.7. The molecule has 0 unspecified atom stereocenters. The van der Waals surface area contributed by atoms with E-state index in [1.807, 2.05) is 43.5 Å². The molecular formula is C47H41GeIrN3S-2. The number of benzene rings is 6. The molecule has 0 N–H and O–H groups in total. The van der Waals surface area contributed by atoms with E-state index >= 15 is 0 Å². The van der Waals surface area contributed by atoms with Crippen molar-refractivity contribution in [2.24, 2.45) is 0 Å². The van der Waals surface area contributed by atoms with Gasteiger partial charge in [-0.25, -0.2) is 0 Å². The standard InChI is InChI=1S/C29H17N2S.C18H24GeN.Ir/c1-2-11-20-19(9-1)10-7-17-25(20)31-26-16-5-4-15-24(26)30-29(31)23-14-8-13-22-21-12-3-6-18-27(21)32-28(22)23;1-13(2)16-11-18(15-9-7-14(3)8-10-15)20-12-17(16)19(4,5)6;/h1-13,15-18H;7-9,11-13H,1-6H3;/q2*-1;/i;3D3,13D;. The van der Waals surface area contributed by atoms with Gasteiger partial charge in [-0.15, -0.1) is 18.2 Å². The van der Waals surface area contributed by atoms with Crippen LogP contribution in [0.2, 0.25) is 17.3 Å². The second kappa shape index (κ2) is 15.2. The molecule has 0 atom stereocenters. The smallest absolute Gasteiger partial charge is 0.0774 e. The molecule has 3 aromatic heterocycles. The second-order valence-electron chi connectivity index (χ2n) is 14.3. The Morgan fingerprint density at radius 1 is 0.811 bits per heavy atom. The topological polar surface area (TPSA) is 30.7 Å². The summed E-state index contributed by atoms with van der Waals surface area (Å²) in [5.41, 5.74) is 7.04. The van der Waals surface area contributed by atoms with Gasteiger partial charge in [-0.1, -0.05) is 77.7 Å². The van der Waals surface area contributed by atoms with Crippen molar-refractivity contribution in [2.75, 3.05) is 0 Å². The van der Waals surface area contributed by atoms with Crippen molar-refractivity contribution in [2.45, 2.75) is 43.9 Å². The molecule has 0 fully saturated rings. The Labute approximate surface area is 338 Å². The molecule has 9 aromatic rings. The number of hydrogen-bond donors (Lipinski definition) is 0. The molecule has 0 aliphatic carbocycles. The maximum atomic E-state index is 8.49. The zero-order valence-corrected chi connectivity index (χ0v) is 35.6. The number of para-hydroxylation sites is 2. The van der Waals surface area contributed by atoms with Gasteiger partial charge in [0, 0.05) is 35.9 Å². The summed E-state index contributed by atoms with van der Waals surface area (Å²) in [5, 5.41) is 4.98. The van der Waals surface area contributed by atoms with Crippen LogP contribution in [0.25, 0.3) is 70.3 Å². The van der Waals surface area contributed by atoms with Gasteiger partial charge in [-0.3, -0.25) is 4.98 Å². The Morgan fingerprint density at radius 3 is 2.34 bits per heavy atom. The van der Waals surface area contributed by atoms with Gasteiger partial charge in [0.25, 0.3) is 0 Å². The van der Waals surface area contributed by atoms with Gasteiger partial charge < -0.3 is 4.57 Å². The predicted molar refractivity (Wildman–Crippen MR) is 226 cm³/mol. The fourth-order valence-corrected chi connectivity index (χ4v) is 11.4. The van der Waals surface area contributed by atoms with E-state index in [1.54, 1.807) is 12.1 Å². The first kappa shape index (κ1) is 32.1. The summed E-state index contributed by atoms with van der Waals surface area (Å²) in [6, 6.07) is 49.6. The zero-order valence-electron chi connectivity index (χ0n) is 34.3. The summed E-state index contributed by atoms with van der Waals surface area (Å²) in [4.78, 5) is 9.70. The van der Waals surface area contributed by atoms with Gasteiger partial charge in [0.2, 0.25) is 0 Å². The van der Waals surface area contributed by atoms with Crippen LogP contribution in [0.1, 0.15) is 36.4 Å². The largest absolute Gasteiger partial charge is 0.333 e. The second-order valence-corrected chi connectivity index (χ2v) is 25.9. The number of rotatable bonds is 5. The van der Waals surface area contributed by atoms with Crippen molar-refractivity contribution in [1.29, 1.82) is 0 Å². The molecule has 3 heterocycles. The monoisotopic (exact) mass is 950 g/mol. The summed E-state index contributed by atoms with van der Waals surface area (Å²) in [6.45, 7) is 1.66. The van der Waals surface area contributed by atoms with Crippen LogP contribution in [0.4, 0.5) is 0 Å². The van der Waals surface area contributed by atoms with Crippen molar-refractivity contribution in [3.05, 3.63) is 157 Å². The predicted octanol–water partition coefficient (Wildman–Crippen LogP) is 12.5. The molecule has 0 spiro atoms. The molecule has 0 aliphatic rings. The Hall–Kier alpha value is -4.39. The van der Waals surface area contributed by atoms with Crippen LogP contribution >= 0.6 is 11.3 Å². The number of aromatic nitrogens is 3. The molecule has 3 nitrogen and oxygen atoms in total. The molecule has 265 valence electrons. The molecule has 0 saturated carbocycles. The Bertz CT molecular complexity index is 2880. The number of imidazole rings is 1. The first-order chi connectivity index (χ1) is 26.7. The van der Waals surface area contributed by atoms with E-state index < -0.39 is 26.0 Å². The summed E-state index contributed by atoms with van der Waals surface area (Å²) >= 11 is -0.325. The van der Waals surface area contributed by atoms with E-state index in [0.717, 1.165) is 44.9 Å². The minimum absolute atomic E-state index is 0. The van der Waals surface area contributed by atoms with Crippen molar-refractivity contribution in [3.8, 4) is 28.3 Å². The van der Waals surface area contributed by atoms with Gasteiger partial charge >= 0.3 is 131 Å². The van der Waals surface area contributed by atoms with Gasteiger partial charge in [0.1, 0.15) is 0 Å². The third-order valence-corrected chi connectivity index (χ3v) is 14.9. The fourth-order valence-electron chi connectivity index (χ4n) is 6.90. The van der Waals surface area contributed by atoms with E-state index in [1.165, 1.54) is 41.4 Å². The SMILES string of the molecule is [2H]C([2H])([2H])c1c[c-]c(-c2cc(C([2H])(C)C)[c]([Ge]([CH3])([CH3])[CH3])cn2)cc1.[Ir].[c-]1ccc2c(sc3ccccc32)c1-c1nc2ccccc2n1-c1cccc2ccccc12. The first-order valence-electron chi connectivity index (χ1n) is 19.5. The number of fused-ring (bicyclic) bond motifs is 5. The number of hydrogen-bond acceptors (Lipinski definition) is 3. The molecule has 0 aliphatic heterocycles. The molecule has 0 amide bonds. The molecular weight excluding hydrogens is 903 g/mol. The van der Waals surface area contributed by atoms with E-state index in [9.17, 15) is 0 Å². The van der Waals surface area contributed by atoms with Crippen LogP contribution in [-0.4, -0.2) is 27.8 Å².